The van der Waals surface area contributed by atoms with Gasteiger partial charge in [0.25, 0.3) is 0 Å². The van der Waals surface area contributed by atoms with Crippen LogP contribution < -0.4 is 0 Å². The minimum absolute atomic E-state index is 0.0816. The van der Waals surface area contributed by atoms with Gasteiger partial charge in [-0.2, -0.15) is 0 Å². The molecule has 1 heterocycles. The zero-order chi connectivity index (χ0) is 8.55. The normalized spacial score (nSPS) is 10.4. The van der Waals surface area contributed by atoms with Crippen LogP contribution in [0.2, 0.25) is 0 Å². The molecule has 1 aromatic carbocycles. The van der Waals surface area contributed by atoms with Crippen LogP contribution in [0.25, 0.3) is 10.8 Å². The summed E-state index contributed by atoms with van der Waals surface area (Å²) in [6, 6.07) is 5.52. The third kappa shape index (κ3) is 1.01. The molecule has 0 aliphatic carbocycles. The van der Waals surface area contributed by atoms with Crippen molar-refractivity contribution >= 4 is 16.6 Å². The average Bonchev–Trinajstić information content (AvgIpc) is 2.49. The summed E-state index contributed by atoms with van der Waals surface area (Å²) in [6.45, 7) is 1.56. The van der Waals surface area contributed by atoms with E-state index in [1.165, 1.54) is 0 Å². The number of hydrogen-bond donors (Lipinski definition) is 0. The van der Waals surface area contributed by atoms with E-state index in [1.54, 1.807) is 25.5 Å². The van der Waals surface area contributed by atoms with Crippen molar-refractivity contribution in [2.24, 2.45) is 0 Å². The molecule has 0 radical (unpaired) electrons. The molecule has 2 heteroatoms. The van der Waals surface area contributed by atoms with Crippen LogP contribution in [0.3, 0.4) is 0 Å². The lowest BCUT2D eigenvalue weighted by molar-refractivity contribution is 0.101. The lowest BCUT2D eigenvalue weighted by Gasteiger charge is -1.93. The van der Waals surface area contributed by atoms with Gasteiger partial charge in [-0.3, -0.25) is 4.79 Å². The van der Waals surface area contributed by atoms with Crippen molar-refractivity contribution in [3.05, 3.63) is 36.3 Å². The van der Waals surface area contributed by atoms with Gasteiger partial charge >= 0.3 is 0 Å². The van der Waals surface area contributed by atoms with E-state index in [9.17, 15) is 4.79 Å². The van der Waals surface area contributed by atoms with E-state index in [1.807, 2.05) is 12.1 Å². The van der Waals surface area contributed by atoms with E-state index in [4.69, 9.17) is 4.42 Å². The first-order valence-corrected chi connectivity index (χ1v) is 3.74. The maximum Gasteiger partial charge on any atom is 0.159 e. The van der Waals surface area contributed by atoms with E-state index in [0.717, 1.165) is 16.3 Å². The highest BCUT2D eigenvalue weighted by Gasteiger charge is 2.01. The second-order valence-corrected chi connectivity index (χ2v) is 2.77. The molecule has 2 rings (SSSR count). The molecule has 0 aliphatic rings. The molecule has 0 fully saturated rings. The molecular weight excluding hydrogens is 152 g/mol. The zero-order valence-corrected chi connectivity index (χ0v) is 6.70. The Kier molecular flexibility index (Phi) is 1.47. The van der Waals surface area contributed by atoms with Crippen LogP contribution in [-0.2, 0) is 0 Å². The molecule has 2 aromatic rings. The van der Waals surface area contributed by atoms with E-state index in [2.05, 4.69) is 0 Å². The van der Waals surface area contributed by atoms with Crippen molar-refractivity contribution in [2.45, 2.75) is 6.92 Å². The number of Topliss-reactive ketones (excluding diaryl/α,β-unsaturated/α-hetero) is 1. The van der Waals surface area contributed by atoms with Crippen molar-refractivity contribution in [2.75, 3.05) is 0 Å². The molecule has 0 unspecified atom stereocenters. The topological polar surface area (TPSA) is 30.2 Å². The van der Waals surface area contributed by atoms with Gasteiger partial charge in [-0.05, 0) is 13.0 Å². The summed E-state index contributed by atoms with van der Waals surface area (Å²) in [6.07, 6.45) is 3.31. The van der Waals surface area contributed by atoms with E-state index in [-0.39, 0.29) is 5.78 Å². The monoisotopic (exact) mass is 160 g/mol. The zero-order valence-electron chi connectivity index (χ0n) is 6.70. The second kappa shape index (κ2) is 2.48. The van der Waals surface area contributed by atoms with Crippen LogP contribution in [0, 0.1) is 0 Å². The summed E-state index contributed by atoms with van der Waals surface area (Å²) in [5, 5.41) is 2.00. The first-order chi connectivity index (χ1) is 5.77. The summed E-state index contributed by atoms with van der Waals surface area (Å²) in [4.78, 5) is 11.0. The molecule has 60 valence electrons. The molecule has 0 spiro atoms. The van der Waals surface area contributed by atoms with Crippen molar-refractivity contribution in [1.82, 2.24) is 0 Å². The third-order valence-electron chi connectivity index (χ3n) is 1.88. The number of rotatable bonds is 1. The molecule has 2 nitrogen and oxygen atoms in total. The Morgan fingerprint density at radius 2 is 2.00 bits per heavy atom. The minimum atomic E-state index is 0.0816. The number of fused-ring (bicyclic) bond motifs is 1. The molecule has 12 heavy (non-hydrogen) atoms. The van der Waals surface area contributed by atoms with Gasteiger partial charge in [0, 0.05) is 16.3 Å². The number of carbonyl (C=O) groups excluding carboxylic acids is 1. The van der Waals surface area contributed by atoms with Gasteiger partial charge in [0.05, 0.1) is 12.5 Å². The minimum Gasteiger partial charge on any atom is -0.471 e. The average molecular weight is 160 g/mol. The molecule has 0 aliphatic heterocycles. The Balaban J connectivity index is 2.68. The van der Waals surface area contributed by atoms with Crippen LogP contribution >= 0.6 is 0 Å². The van der Waals surface area contributed by atoms with Crippen molar-refractivity contribution in [1.29, 1.82) is 0 Å². The molecule has 0 bridgehead atoms. The number of benzene rings is 1. The van der Waals surface area contributed by atoms with Crippen molar-refractivity contribution < 1.29 is 9.21 Å². The lowest BCUT2D eigenvalue weighted by Crippen LogP contribution is -1.89. The molecule has 0 amide bonds. The van der Waals surface area contributed by atoms with Gasteiger partial charge in [-0.15, -0.1) is 0 Å². The smallest absolute Gasteiger partial charge is 0.159 e. The summed E-state index contributed by atoms with van der Waals surface area (Å²) >= 11 is 0. The van der Waals surface area contributed by atoms with E-state index < -0.39 is 0 Å². The van der Waals surface area contributed by atoms with E-state index in [0.29, 0.717) is 0 Å². The van der Waals surface area contributed by atoms with Crippen LogP contribution in [0.4, 0.5) is 0 Å². The Morgan fingerprint density at radius 3 is 2.75 bits per heavy atom. The summed E-state index contributed by atoms with van der Waals surface area (Å²) in [5.74, 6) is 0.0816. The maximum atomic E-state index is 11.0. The molecular formula is C10H8O2. The predicted octanol–water partition coefficient (Wildman–Crippen LogP) is 2.64. The maximum absolute atomic E-state index is 11.0. The molecule has 0 N–H and O–H groups in total. The number of furan rings is 1. The number of carbonyl (C=O) groups is 1. The van der Waals surface area contributed by atoms with Crippen LogP contribution in [0.5, 0.6) is 0 Å². The highest BCUT2D eigenvalue weighted by Crippen LogP contribution is 2.16. The van der Waals surface area contributed by atoms with Gasteiger partial charge in [0.15, 0.2) is 5.78 Å². The van der Waals surface area contributed by atoms with Crippen LogP contribution in [0.15, 0.2) is 35.1 Å². The Bertz CT molecular complexity index is 426. The highest BCUT2D eigenvalue weighted by molar-refractivity contribution is 5.98. The van der Waals surface area contributed by atoms with Gasteiger partial charge in [0.2, 0.25) is 0 Å². The van der Waals surface area contributed by atoms with Gasteiger partial charge in [0.1, 0.15) is 0 Å². The first kappa shape index (κ1) is 7.10. The largest absolute Gasteiger partial charge is 0.471 e. The Morgan fingerprint density at radius 1 is 1.25 bits per heavy atom. The molecule has 0 saturated heterocycles. The Hall–Kier alpha value is -1.57. The fourth-order valence-corrected chi connectivity index (χ4v) is 1.18. The molecule has 0 saturated carbocycles. The molecule has 1 aromatic heterocycles. The summed E-state index contributed by atoms with van der Waals surface area (Å²) < 4.78 is 4.99. The number of ketones is 1. The summed E-state index contributed by atoms with van der Waals surface area (Å²) in [5.41, 5.74) is 0.726. The first-order valence-electron chi connectivity index (χ1n) is 3.74. The fraction of sp³-hybridized carbons (Fsp3) is 0.100. The van der Waals surface area contributed by atoms with Crippen LogP contribution in [0.1, 0.15) is 17.3 Å². The van der Waals surface area contributed by atoms with Crippen molar-refractivity contribution in [3.8, 4) is 0 Å². The van der Waals surface area contributed by atoms with Gasteiger partial charge in [-0.25, -0.2) is 0 Å². The second-order valence-electron chi connectivity index (χ2n) is 2.77. The molecule has 0 atom stereocenters. The van der Waals surface area contributed by atoms with Crippen molar-refractivity contribution in [3.63, 3.8) is 0 Å². The van der Waals surface area contributed by atoms with Gasteiger partial charge < -0.3 is 4.42 Å². The summed E-state index contributed by atoms with van der Waals surface area (Å²) in [7, 11) is 0. The highest BCUT2D eigenvalue weighted by atomic mass is 16.3. The standard InChI is InChI=1S/C10H8O2/c1-7(11)8-2-3-9-5-12-6-10(9)4-8/h2-6H,1H3. The fourth-order valence-electron chi connectivity index (χ4n) is 1.18. The predicted molar refractivity (Wildman–Crippen MR) is 46.2 cm³/mol. The SMILES string of the molecule is CC(=O)c1ccc2cocc2c1. The van der Waals surface area contributed by atoms with Crippen LogP contribution in [-0.4, -0.2) is 5.78 Å². The van der Waals surface area contributed by atoms with Gasteiger partial charge in [-0.1, -0.05) is 12.1 Å². The Labute approximate surface area is 69.8 Å². The lowest BCUT2D eigenvalue weighted by atomic mass is 10.1. The number of hydrogen-bond acceptors (Lipinski definition) is 2. The van der Waals surface area contributed by atoms with E-state index >= 15 is 0 Å². The quantitative estimate of drug-likeness (QED) is 0.600. The third-order valence-corrected chi connectivity index (χ3v) is 1.88.